The van der Waals surface area contributed by atoms with Crippen LogP contribution in [0.15, 0.2) is 18.3 Å². The zero-order chi connectivity index (χ0) is 16.3. The van der Waals surface area contributed by atoms with Crippen LogP contribution in [0.5, 0.6) is 0 Å². The summed E-state index contributed by atoms with van der Waals surface area (Å²) in [6, 6.07) is 3.23. The van der Waals surface area contributed by atoms with E-state index in [4.69, 9.17) is 0 Å². The number of rotatable bonds is 5. The molecule has 1 aromatic rings. The lowest BCUT2D eigenvalue weighted by Crippen LogP contribution is -2.48. The topological polar surface area (TPSA) is 65.5 Å². The zero-order valence-electron chi connectivity index (χ0n) is 13.7. The number of hydrogen-bond acceptors (Lipinski definition) is 4. The van der Waals surface area contributed by atoms with Crippen molar-refractivity contribution in [3.8, 4) is 0 Å². The number of carbonyl (C=O) groups excluding carboxylic acids is 2. The highest BCUT2D eigenvalue weighted by atomic mass is 16.2. The van der Waals surface area contributed by atoms with E-state index in [2.05, 4.69) is 10.3 Å². The molecular weight excluding hydrogens is 280 g/mol. The second kappa shape index (κ2) is 6.77. The molecule has 0 spiro atoms. The molecule has 0 radical (unpaired) electrons. The Morgan fingerprint density at radius 1 is 1.36 bits per heavy atom. The lowest BCUT2D eigenvalue weighted by molar-refractivity contribution is -0.136. The van der Waals surface area contributed by atoms with Crippen LogP contribution in [-0.2, 0) is 9.59 Å². The first-order chi connectivity index (χ1) is 10.4. The van der Waals surface area contributed by atoms with Gasteiger partial charge in [-0.05, 0) is 24.5 Å². The third-order valence-corrected chi connectivity index (χ3v) is 3.86. The number of hydrogen-bond donors (Lipinski definition) is 1. The Labute approximate surface area is 131 Å². The van der Waals surface area contributed by atoms with Crippen LogP contribution in [0.1, 0.15) is 26.7 Å². The van der Waals surface area contributed by atoms with E-state index in [9.17, 15) is 9.59 Å². The smallest absolute Gasteiger partial charge is 0.248 e. The third kappa shape index (κ3) is 3.55. The van der Waals surface area contributed by atoms with Gasteiger partial charge in [-0.1, -0.05) is 13.8 Å². The van der Waals surface area contributed by atoms with E-state index < -0.39 is 6.04 Å². The number of nitrogens with zero attached hydrogens (tertiary/aromatic N) is 3. The molecule has 6 nitrogen and oxygen atoms in total. The summed E-state index contributed by atoms with van der Waals surface area (Å²) < 4.78 is 0. The Morgan fingerprint density at radius 2 is 2.09 bits per heavy atom. The molecule has 0 aromatic carbocycles. The van der Waals surface area contributed by atoms with Gasteiger partial charge in [0.15, 0.2) is 0 Å². The maximum absolute atomic E-state index is 12.6. The summed E-state index contributed by atoms with van der Waals surface area (Å²) in [5.74, 6) is 0.455. The second-order valence-electron chi connectivity index (χ2n) is 6.16. The largest absolute Gasteiger partial charge is 0.376 e. The van der Waals surface area contributed by atoms with E-state index in [-0.39, 0.29) is 17.7 Å². The molecule has 2 heterocycles. The van der Waals surface area contributed by atoms with E-state index in [0.717, 1.165) is 12.1 Å². The SMILES string of the molecule is CC(C)[C@H](C(=O)Nc1ccc(N(C)C)cn1)N1CCCC1=O. The Morgan fingerprint density at radius 3 is 2.55 bits per heavy atom. The lowest BCUT2D eigenvalue weighted by Gasteiger charge is -2.29. The summed E-state index contributed by atoms with van der Waals surface area (Å²) in [4.78, 5) is 32.4. The van der Waals surface area contributed by atoms with Crippen LogP contribution < -0.4 is 10.2 Å². The number of nitrogens with one attached hydrogen (secondary N) is 1. The molecule has 1 aromatic heterocycles. The number of pyridine rings is 1. The normalized spacial score (nSPS) is 16.0. The van der Waals surface area contributed by atoms with E-state index in [1.807, 2.05) is 38.9 Å². The van der Waals surface area contributed by atoms with E-state index in [1.165, 1.54) is 0 Å². The van der Waals surface area contributed by atoms with Crippen molar-refractivity contribution < 1.29 is 9.59 Å². The molecule has 1 aliphatic rings. The maximum atomic E-state index is 12.6. The van der Waals surface area contributed by atoms with Crippen LogP contribution in [0.2, 0.25) is 0 Å². The molecule has 0 saturated carbocycles. The highest BCUT2D eigenvalue weighted by Gasteiger charge is 2.34. The fourth-order valence-corrected chi connectivity index (χ4v) is 2.69. The molecule has 1 fully saturated rings. The summed E-state index contributed by atoms with van der Waals surface area (Å²) in [5, 5.41) is 2.82. The lowest BCUT2D eigenvalue weighted by atomic mass is 10.0. The molecule has 120 valence electrons. The highest BCUT2D eigenvalue weighted by Crippen LogP contribution is 2.21. The van der Waals surface area contributed by atoms with Gasteiger partial charge in [0.05, 0.1) is 11.9 Å². The first kappa shape index (κ1) is 16.3. The van der Waals surface area contributed by atoms with Gasteiger partial charge in [0.1, 0.15) is 11.9 Å². The van der Waals surface area contributed by atoms with Crippen LogP contribution in [0, 0.1) is 5.92 Å². The molecule has 1 N–H and O–H groups in total. The standard InChI is InChI=1S/C16H24N4O2/c1-11(2)15(20-9-5-6-14(20)21)16(22)18-13-8-7-12(10-17-13)19(3)4/h7-8,10-11,15H,5-6,9H2,1-4H3,(H,17,18,22)/t15-/m1/s1. The van der Waals surface area contributed by atoms with Gasteiger partial charge >= 0.3 is 0 Å². The zero-order valence-corrected chi connectivity index (χ0v) is 13.7. The van der Waals surface area contributed by atoms with Crippen LogP contribution in [0.4, 0.5) is 11.5 Å². The van der Waals surface area contributed by atoms with Gasteiger partial charge in [-0.25, -0.2) is 4.98 Å². The molecule has 22 heavy (non-hydrogen) atoms. The maximum Gasteiger partial charge on any atom is 0.248 e. The van der Waals surface area contributed by atoms with Crippen molar-refractivity contribution in [2.45, 2.75) is 32.7 Å². The predicted octanol–water partition coefficient (Wildman–Crippen LogP) is 1.73. The molecule has 1 saturated heterocycles. The molecule has 6 heteroatoms. The fourth-order valence-electron chi connectivity index (χ4n) is 2.69. The monoisotopic (exact) mass is 304 g/mol. The summed E-state index contributed by atoms with van der Waals surface area (Å²) in [6.07, 6.45) is 3.07. The molecule has 0 unspecified atom stereocenters. The molecule has 2 rings (SSSR count). The molecule has 0 aliphatic carbocycles. The summed E-state index contributed by atoms with van der Waals surface area (Å²) >= 11 is 0. The minimum Gasteiger partial charge on any atom is -0.376 e. The van der Waals surface area contributed by atoms with Crippen LogP contribution in [-0.4, -0.2) is 48.4 Å². The Balaban J connectivity index is 2.09. The van der Waals surface area contributed by atoms with E-state index >= 15 is 0 Å². The van der Waals surface area contributed by atoms with Crippen LogP contribution in [0.3, 0.4) is 0 Å². The van der Waals surface area contributed by atoms with Crippen molar-refractivity contribution in [1.29, 1.82) is 0 Å². The van der Waals surface area contributed by atoms with Gasteiger partial charge in [0.25, 0.3) is 0 Å². The van der Waals surface area contributed by atoms with Crippen molar-refractivity contribution in [2.24, 2.45) is 5.92 Å². The predicted molar refractivity (Wildman–Crippen MR) is 86.8 cm³/mol. The van der Waals surface area contributed by atoms with Crippen LogP contribution in [0.25, 0.3) is 0 Å². The van der Waals surface area contributed by atoms with Crippen molar-refractivity contribution in [2.75, 3.05) is 30.9 Å². The molecule has 0 bridgehead atoms. The average Bonchev–Trinajstić information content (AvgIpc) is 2.85. The van der Waals surface area contributed by atoms with Gasteiger partial charge < -0.3 is 15.1 Å². The van der Waals surface area contributed by atoms with Gasteiger partial charge in [0, 0.05) is 27.1 Å². The van der Waals surface area contributed by atoms with Gasteiger partial charge in [-0.15, -0.1) is 0 Å². The number of likely N-dealkylation sites (tertiary alicyclic amines) is 1. The summed E-state index contributed by atoms with van der Waals surface area (Å²) in [6.45, 7) is 4.57. The first-order valence-electron chi connectivity index (χ1n) is 7.64. The molecule has 1 atom stereocenters. The number of anilines is 2. The minimum absolute atomic E-state index is 0.0584. The molecule has 2 amide bonds. The fraction of sp³-hybridized carbons (Fsp3) is 0.562. The van der Waals surface area contributed by atoms with Gasteiger partial charge in [0.2, 0.25) is 11.8 Å². The highest BCUT2D eigenvalue weighted by molar-refractivity contribution is 5.97. The second-order valence-corrected chi connectivity index (χ2v) is 6.16. The molecular formula is C16H24N4O2. The van der Waals surface area contributed by atoms with E-state index in [1.54, 1.807) is 17.2 Å². The Kier molecular flexibility index (Phi) is 5.00. The van der Waals surface area contributed by atoms with Crippen molar-refractivity contribution in [3.05, 3.63) is 18.3 Å². The van der Waals surface area contributed by atoms with Gasteiger partial charge in [-0.3, -0.25) is 9.59 Å². The van der Waals surface area contributed by atoms with Crippen molar-refractivity contribution in [1.82, 2.24) is 9.88 Å². The van der Waals surface area contributed by atoms with Crippen molar-refractivity contribution >= 4 is 23.3 Å². The molecule has 1 aliphatic heterocycles. The average molecular weight is 304 g/mol. The Hall–Kier alpha value is -2.11. The summed E-state index contributed by atoms with van der Waals surface area (Å²) in [7, 11) is 3.87. The van der Waals surface area contributed by atoms with Crippen molar-refractivity contribution in [3.63, 3.8) is 0 Å². The Bertz CT molecular complexity index is 540. The first-order valence-corrected chi connectivity index (χ1v) is 7.64. The quantitative estimate of drug-likeness (QED) is 0.900. The number of amides is 2. The van der Waals surface area contributed by atoms with Crippen LogP contribution >= 0.6 is 0 Å². The summed E-state index contributed by atoms with van der Waals surface area (Å²) in [5.41, 5.74) is 0.966. The number of carbonyl (C=O) groups is 2. The van der Waals surface area contributed by atoms with E-state index in [0.29, 0.717) is 18.8 Å². The van der Waals surface area contributed by atoms with Gasteiger partial charge in [-0.2, -0.15) is 0 Å². The number of aromatic nitrogens is 1. The third-order valence-electron chi connectivity index (χ3n) is 3.86. The minimum atomic E-state index is -0.440.